The number of benzene rings is 1. The first-order valence-electron chi connectivity index (χ1n) is 5.76. The number of rotatable bonds is 3. The van der Waals surface area contributed by atoms with Crippen molar-refractivity contribution in [2.75, 3.05) is 5.32 Å². The van der Waals surface area contributed by atoms with Gasteiger partial charge in [0.2, 0.25) is 0 Å². The second-order valence-electron chi connectivity index (χ2n) is 4.18. The average molecular weight is 326 g/mol. The van der Waals surface area contributed by atoms with Crippen LogP contribution in [0.4, 0.5) is 11.4 Å². The Morgan fingerprint density at radius 2 is 2.05 bits per heavy atom. The van der Waals surface area contributed by atoms with E-state index in [1.54, 1.807) is 6.92 Å². The smallest absolute Gasteiger partial charge is 0.292 e. The molecule has 1 amide bonds. The molecule has 2 aromatic rings. The minimum absolute atomic E-state index is 0.00542. The molecule has 0 aliphatic heterocycles. The molecule has 1 aromatic carbocycles. The summed E-state index contributed by atoms with van der Waals surface area (Å²) in [7, 11) is 0. The second-order valence-corrected chi connectivity index (χ2v) is 5.02. The SMILES string of the molecule is Cc1cc(Cl)c(C(=O)Nc2cc(Cl)ccc2[N+](=O)[O-])cn1. The zero-order valence-electron chi connectivity index (χ0n) is 10.8. The van der Waals surface area contributed by atoms with Crippen LogP contribution in [-0.2, 0) is 0 Å². The third kappa shape index (κ3) is 3.48. The number of nitro groups is 1. The predicted molar refractivity (Wildman–Crippen MR) is 80.0 cm³/mol. The van der Waals surface area contributed by atoms with Gasteiger partial charge in [0.05, 0.1) is 15.5 Å². The summed E-state index contributed by atoms with van der Waals surface area (Å²) in [6, 6.07) is 5.42. The van der Waals surface area contributed by atoms with E-state index in [4.69, 9.17) is 23.2 Å². The van der Waals surface area contributed by atoms with Crippen molar-refractivity contribution < 1.29 is 9.72 Å². The molecule has 0 spiro atoms. The van der Waals surface area contributed by atoms with Crippen LogP contribution in [0.5, 0.6) is 0 Å². The Morgan fingerprint density at radius 3 is 2.67 bits per heavy atom. The van der Waals surface area contributed by atoms with Gasteiger partial charge in [-0.15, -0.1) is 0 Å². The fourth-order valence-electron chi connectivity index (χ4n) is 1.65. The minimum Gasteiger partial charge on any atom is -0.316 e. The summed E-state index contributed by atoms with van der Waals surface area (Å²) in [5.74, 6) is -0.599. The van der Waals surface area contributed by atoms with Crippen LogP contribution in [0.15, 0.2) is 30.5 Å². The van der Waals surface area contributed by atoms with Crippen molar-refractivity contribution in [3.63, 3.8) is 0 Å². The number of hydrogen-bond donors (Lipinski definition) is 1. The topological polar surface area (TPSA) is 85.1 Å². The van der Waals surface area contributed by atoms with Gasteiger partial charge < -0.3 is 5.32 Å². The third-order valence-electron chi connectivity index (χ3n) is 2.64. The van der Waals surface area contributed by atoms with Crippen LogP contribution in [0, 0.1) is 17.0 Å². The van der Waals surface area contributed by atoms with E-state index in [1.807, 2.05) is 0 Å². The molecule has 0 unspecified atom stereocenters. The number of nitrogens with one attached hydrogen (secondary N) is 1. The van der Waals surface area contributed by atoms with Crippen molar-refractivity contribution in [1.82, 2.24) is 4.98 Å². The molecule has 0 atom stereocenters. The quantitative estimate of drug-likeness (QED) is 0.685. The fourth-order valence-corrected chi connectivity index (χ4v) is 2.12. The summed E-state index contributed by atoms with van der Waals surface area (Å²) in [6.45, 7) is 1.73. The highest BCUT2D eigenvalue weighted by atomic mass is 35.5. The van der Waals surface area contributed by atoms with Crippen LogP contribution in [0.3, 0.4) is 0 Å². The maximum atomic E-state index is 12.1. The van der Waals surface area contributed by atoms with Crippen LogP contribution >= 0.6 is 23.2 Å². The predicted octanol–water partition coefficient (Wildman–Crippen LogP) is 3.86. The number of halogens is 2. The lowest BCUT2D eigenvalue weighted by atomic mass is 10.2. The van der Waals surface area contributed by atoms with Crippen molar-refractivity contribution in [3.8, 4) is 0 Å². The second kappa shape index (κ2) is 6.07. The summed E-state index contributed by atoms with van der Waals surface area (Å²) >= 11 is 11.8. The van der Waals surface area contributed by atoms with Gasteiger partial charge in [-0.25, -0.2) is 0 Å². The molecule has 0 aliphatic carbocycles. The van der Waals surface area contributed by atoms with E-state index in [9.17, 15) is 14.9 Å². The first kappa shape index (κ1) is 15.2. The molecule has 6 nitrogen and oxygen atoms in total. The minimum atomic E-state index is -0.610. The van der Waals surface area contributed by atoms with Crippen LogP contribution in [0.25, 0.3) is 0 Å². The number of aromatic nitrogens is 1. The number of aryl methyl sites for hydroxylation is 1. The molecular weight excluding hydrogens is 317 g/mol. The molecule has 0 saturated carbocycles. The maximum Gasteiger partial charge on any atom is 0.292 e. The van der Waals surface area contributed by atoms with E-state index in [-0.39, 0.29) is 27.0 Å². The number of pyridine rings is 1. The molecule has 2 rings (SSSR count). The Morgan fingerprint density at radius 1 is 1.33 bits per heavy atom. The summed E-state index contributed by atoms with van der Waals surface area (Å²) in [5, 5.41) is 13.8. The lowest BCUT2D eigenvalue weighted by Crippen LogP contribution is -2.14. The first-order valence-corrected chi connectivity index (χ1v) is 6.51. The van der Waals surface area contributed by atoms with Gasteiger partial charge in [0, 0.05) is 23.0 Å². The van der Waals surface area contributed by atoms with E-state index >= 15 is 0 Å². The summed E-state index contributed by atoms with van der Waals surface area (Å²) in [5.41, 5.74) is 0.514. The van der Waals surface area contributed by atoms with E-state index in [0.717, 1.165) is 0 Å². The van der Waals surface area contributed by atoms with Crippen LogP contribution in [0.1, 0.15) is 16.1 Å². The van der Waals surface area contributed by atoms with Crippen molar-refractivity contribution in [2.45, 2.75) is 6.92 Å². The number of anilines is 1. The van der Waals surface area contributed by atoms with Gasteiger partial charge in [0.1, 0.15) is 5.69 Å². The van der Waals surface area contributed by atoms with Gasteiger partial charge >= 0.3 is 0 Å². The van der Waals surface area contributed by atoms with Gasteiger partial charge in [-0.05, 0) is 25.1 Å². The van der Waals surface area contributed by atoms with Crippen molar-refractivity contribution in [3.05, 3.63) is 61.9 Å². The molecule has 1 heterocycles. The number of hydrogen-bond acceptors (Lipinski definition) is 4. The highest BCUT2D eigenvalue weighted by Gasteiger charge is 2.18. The van der Waals surface area contributed by atoms with Gasteiger partial charge in [-0.2, -0.15) is 0 Å². The number of carbonyl (C=O) groups is 1. The first-order chi connectivity index (χ1) is 9.88. The van der Waals surface area contributed by atoms with E-state index in [2.05, 4.69) is 10.3 Å². The molecule has 0 saturated heterocycles. The van der Waals surface area contributed by atoms with Gasteiger partial charge in [0.15, 0.2) is 0 Å². The highest BCUT2D eigenvalue weighted by Crippen LogP contribution is 2.28. The van der Waals surface area contributed by atoms with Gasteiger partial charge in [-0.3, -0.25) is 19.9 Å². The molecule has 1 N–H and O–H groups in total. The summed E-state index contributed by atoms with van der Waals surface area (Å²) < 4.78 is 0. The zero-order valence-corrected chi connectivity index (χ0v) is 12.3. The summed E-state index contributed by atoms with van der Waals surface area (Å²) in [6.07, 6.45) is 1.31. The van der Waals surface area contributed by atoms with Crippen LogP contribution in [-0.4, -0.2) is 15.8 Å². The molecule has 1 aromatic heterocycles. The normalized spacial score (nSPS) is 10.2. The standard InChI is InChI=1S/C13H9Cl2N3O3/c1-7-4-10(15)9(6-16-7)13(19)17-11-5-8(14)2-3-12(11)18(20)21/h2-6H,1H3,(H,17,19). The van der Waals surface area contributed by atoms with Crippen molar-refractivity contribution in [2.24, 2.45) is 0 Å². The lowest BCUT2D eigenvalue weighted by molar-refractivity contribution is -0.383. The third-order valence-corrected chi connectivity index (χ3v) is 3.19. The Labute approximate surface area is 129 Å². The largest absolute Gasteiger partial charge is 0.316 e. The molecular formula is C13H9Cl2N3O3. The molecule has 21 heavy (non-hydrogen) atoms. The monoisotopic (exact) mass is 325 g/mol. The van der Waals surface area contributed by atoms with Crippen LogP contribution < -0.4 is 5.32 Å². The average Bonchev–Trinajstić information content (AvgIpc) is 2.37. The zero-order chi connectivity index (χ0) is 15.6. The van der Waals surface area contributed by atoms with E-state index < -0.39 is 10.8 Å². The van der Waals surface area contributed by atoms with E-state index in [0.29, 0.717) is 5.69 Å². The number of carbonyl (C=O) groups excluding carboxylic acids is 1. The molecule has 0 bridgehead atoms. The maximum absolute atomic E-state index is 12.1. The molecule has 108 valence electrons. The molecule has 0 aliphatic rings. The van der Waals surface area contributed by atoms with Gasteiger partial charge in [0.25, 0.3) is 11.6 Å². The van der Waals surface area contributed by atoms with E-state index in [1.165, 1.54) is 30.5 Å². The molecule has 0 radical (unpaired) electrons. The van der Waals surface area contributed by atoms with Crippen molar-refractivity contribution >= 4 is 40.5 Å². The summed E-state index contributed by atoms with van der Waals surface area (Å²) in [4.78, 5) is 26.4. The molecule has 0 fully saturated rings. The van der Waals surface area contributed by atoms with Crippen LogP contribution in [0.2, 0.25) is 10.0 Å². The number of amides is 1. The lowest BCUT2D eigenvalue weighted by Gasteiger charge is -2.08. The Kier molecular flexibility index (Phi) is 4.40. The Bertz CT molecular complexity index is 735. The highest BCUT2D eigenvalue weighted by molar-refractivity contribution is 6.34. The van der Waals surface area contributed by atoms with Crippen molar-refractivity contribution in [1.29, 1.82) is 0 Å². The molecule has 8 heteroatoms. The Hall–Kier alpha value is -2.18. The number of nitro benzene ring substituents is 1. The van der Waals surface area contributed by atoms with Gasteiger partial charge in [-0.1, -0.05) is 23.2 Å². The fraction of sp³-hybridized carbons (Fsp3) is 0.0769. The Balaban J connectivity index is 2.35. The number of nitrogens with zero attached hydrogens (tertiary/aromatic N) is 2.